The highest BCUT2D eigenvalue weighted by Gasteiger charge is 2.30. The number of fused-ring (bicyclic) bond motifs is 1. The molecule has 2 aromatic heterocycles. The quantitative estimate of drug-likeness (QED) is 0.720. The summed E-state index contributed by atoms with van der Waals surface area (Å²) >= 11 is 1.41. The number of para-hydroxylation sites is 1. The number of nitrogens with zero attached hydrogens (tertiary/aromatic N) is 3. The average Bonchev–Trinajstić information content (AvgIpc) is 3.06. The minimum absolute atomic E-state index is 0.0217. The van der Waals surface area contributed by atoms with Gasteiger partial charge in [-0.2, -0.15) is 0 Å². The summed E-state index contributed by atoms with van der Waals surface area (Å²) in [6, 6.07) is 13.5. The maximum Gasteiger partial charge on any atom is 0.271 e. The number of aryl methyl sites for hydroxylation is 1. The van der Waals surface area contributed by atoms with Crippen LogP contribution in [0.3, 0.4) is 0 Å². The molecular formula is C19H17N3O2S. The molecule has 1 aliphatic heterocycles. The van der Waals surface area contributed by atoms with Crippen molar-refractivity contribution in [2.45, 2.75) is 20.0 Å². The third-order valence-corrected chi connectivity index (χ3v) is 5.16. The van der Waals surface area contributed by atoms with Crippen LogP contribution in [0, 0.1) is 6.92 Å². The number of carbonyl (C=O) groups excluding carboxylic acids is 1. The van der Waals surface area contributed by atoms with Gasteiger partial charge in [-0.15, -0.1) is 11.3 Å². The highest BCUT2D eigenvalue weighted by atomic mass is 32.1. The lowest BCUT2D eigenvalue weighted by Crippen LogP contribution is -2.37. The maximum atomic E-state index is 12.9. The maximum absolute atomic E-state index is 12.9. The van der Waals surface area contributed by atoms with Crippen LogP contribution in [0.15, 0.2) is 48.7 Å². The number of anilines is 1. The third-order valence-electron chi connectivity index (χ3n) is 4.10. The molecule has 0 radical (unpaired) electrons. The van der Waals surface area contributed by atoms with Crippen molar-refractivity contribution in [3.05, 3.63) is 69.8 Å². The fourth-order valence-corrected chi connectivity index (χ4v) is 3.84. The molecule has 0 fully saturated rings. The van der Waals surface area contributed by atoms with Gasteiger partial charge in [0.1, 0.15) is 28.1 Å². The van der Waals surface area contributed by atoms with Gasteiger partial charge >= 0.3 is 0 Å². The second kappa shape index (κ2) is 6.64. The minimum atomic E-state index is -0.0217. The van der Waals surface area contributed by atoms with E-state index >= 15 is 0 Å². The van der Waals surface area contributed by atoms with E-state index in [1.807, 2.05) is 49.4 Å². The summed E-state index contributed by atoms with van der Waals surface area (Å²) in [4.78, 5) is 24.3. The van der Waals surface area contributed by atoms with Gasteiger partial charge in [0.05, 0.1) is 5.69 Å². The number of benzene rings is 1. The molecule has 3 heterocycles. The lowest BCUT2D eigenvalue weighted by Gasteiger charge is -2.26. The Balaban J connectivity index is 1.54. The number of amides is 1. The summed E-state index contributed by atoms with van der Waals surface area (Å²) in [6.07, 6.45) is 2.45. The molecule has 3 aromatic rings. The summed E-state index contributed by atoms with van der Waals surface area (Å²) < 4.78 is 5.75. The van der Waals surface area contributed by atoms with E-state index < -0.39 is 0 Å². The van der Waals surface area contributed by atoms with Crippen molar-refractivity contribution in [1.82, 2.24) is 9.97 Å². The first kappa shape index (κ1) is 15.8. The molecule has 126 valence electrons. The van der Waals surface area contributed by atoms with E-state index in [0.717, 1.165) is 34.3 Å². The van der Waals surface area contributed by atoms with Gasteiger partial charge in [0.2, 0.25) is 0 Å². The third kappa shape index (κ3) is 3.13. The molecule has 6 heteroatoms. The number of rotatable bonds is 4. The van der Waals surface area contributed by atoms with Crippen molar-refractivity contribution < 1.29 is 9.53 Å². The molecule has 1 aromatic carbocycles. The van der Waals surface area contributed by atoms with Crippen LogP contribution in [0.25, 0.3) is 0 Å². The highest BCUT2D eigenvalue weighted by molar-refractivity contribution is 7.14. The van der Waals surface area contributed by atoms with E-state index in [9.17, 15) is 4.79 Å². The van der Waals surface area contributed by atoms with Crippen LogP contribution in [-0.2, 0) is 13.0 Å². The molecule has 0 atom stereocenters. The first-order valence-corrected chi connectivity index (χ1v) is 8.94. The standard InChI is InChI=1S/C19H17N3O2S/c1-13-6-5-10-20-18(13)22-11-9-15-17(19(22)23)25-16(21-15)12-24-14-7-3-2-4-8-14/h2-8,10H,9,11-12H2,1H3. The topological polar surface area (TPSA) is 55.3 Å². The van der Waals surface area contributed by atoms with Crippen molar-refractivity contribution in [2.75, 3.05) is 11.4 Å². The Morgan fingerprint density at radius 3 is 2.84 bits per heavy atom. The van der Waals surface area contributed by atoms with E-state index in [0.29, 0.717) is 18.0 Å². The Morgan fingerprint density at radius 2 is 2.04 bits per heavy atom. The number of thiazole rings is 1. The van der Waals surface area contributed by atoms with Crippen LogP contribution in [-0.4, -0.2) is 22.4 Å². The van der Waals surface area contributed by atoms with Gasteiger partial charge in [-0.1, -0.05) is 24.3 Å². The van der Waals surface area contributed by atoms with E-state index in [2.05, 4.69) is 9.97 Å². The first-order valence-electron chi connectivity index (χ1n) is 8.12. The van der Waals surface area contributed by atoms with E-state index in [4.69, 9.17) is 4.74 Å². The number of hydrogen-bond donors (Lipinski definition) is 0. The first-order chi connectivity index (χ1) is 12.2. The molecule has 0 aliphatic carbocycles. The van der Waals surface area contributed by atoms with Crippen molar-refractivity contribution in [3.8, 4) is 5.75 Å². The zero-order chi connectivity index (χ0) is 17.2. The van der Waals surface area contributed by atoms with Crippen LogP contribution in [0.1, 0.15) is 25.9 Å². The van der Waals surface area contributed by atoms with E-state index in [1.54, 1.807) is 11.1 Å². The lowest BCUT2D eigenvalue weighted by molar-refractivity contribution is 0.0983. The monoisotopic (exact) mass is 351 g/mol. The molecule has 1 amide bonds. The summed E-state index contributed by atoms with van der Waals surface area (Å²) in [7, 11) is 0. The SMILES string of the molecule is Cc1cccnc1N1CCc2nc(COc3ccccc3)sc2C1=O. The Kier molecular flexibility index (Phi) is 4.19. The van der Waals surface area contributed by atoms with Gasteiger partial charge in [0.15, 0.2) is 0 Å². The van der Waals surface area contributed by atoms with Crippen molar-refractivity contribution in [1.29, 1.82) is 0 Å². The molecule has 25 heavy (non-hydrogen) atoms. The van der Waals surface area contributed by atoms with Crippen LogP contribution in [0.4, 0.5) is 5.82 Å². The number of ether oxygens (including phenoxy) is 1. The average molecular weight is 351 g/mol. The largest absolute Gasteiger partial charge is 0.486 e. The van der Waals surface area contributed by atoms with Crippen molar-refractivity contribution >= 4 is 23.1 Å². The molecule has 0 saturated carbocycles. The van der Waals surface area contributed by atoms with Gasteiger partial charge in [-0.25, -0.2) is 9.97 Å². The zero-order valence-electron chi connectivity index (χ0n) is 13.8. The molecule has 5 nitrogen and oxygen atoms in total. The van der Waals surface area contributed by atoms with Gasteiger partial charge in [0, 0.05) is 19.2 Å². The molecule has 1 aliphatic rings. The Morgan fingerprint density at radius 1 is 1.20 bits per heavy atom. The molecule has 0 saturated heterocycles. The molecule has 4 rings (SSSR count). The van der Waals surface area contributed by atoms with Gasteiger partial charge in [-0.3, -0.25) is 9.69 Å². The van der Waals surface area contributed by atoms with Crippen LogP contribution >= 0.6 is 11.3 Å². The minimum Gasteiger partial charge on any atom is -0.486 e. The lowest BCUT2D eigenvalue weighted by atomic mass is 10.1. The normalized spacial score (nSPS) is 13.6. The molecule has 0 N–H and O–H groups in total. The number of carbonyl (C=O) groups is 1. The molecular weight excluding hydrogens is 334 g/mol. The summed E-state index contributed by atoms with van der Waals surface area (Å²) in [5.74, 6) is 1.51. The predicted octanol–water partition coefficient (Wildman–Crippen LogP) is 3.63. The highest BCUT2D eigenvalue weighted by Crippen LogP contribution is 2.29. The van der Waals surface area contributed by atoms with Crippen molar-refractivity contribution in [2.24, 2.45) is 0 Å². The number of hydrogen-bond acceptors (Lipinski definition) is 5. The van der Waals surface area contributed by atoms with E-state index in [-0.39, 0.29) is 5.91 Å². The number of aromatic nitrogens is 2. The summed E-state index contributed by atoms with van der Waals surface area (Å²) in [5, 5.41) is 0.821. The predicted molar refractivity (Wildman–Crippen MR) is 97.2 cm³/mol. The second-order valence-corrected chi connectivity index (χ2v) is 6.92. The fourth-order valence-electron chi connectivity index (χ4n) is 2.86. The Bertz CT molecular complexity index is 908. The smallest absolute Gasteiger partial charge is 0.271 e. The fraction of sp³-hybridized carbons (Fsp3) is 0.211. The van der Waals surface area contributed by atoms with Gasteiger partial charge in [-0.05, 0) is 30.7 Å². The van der Waals surface area contributed by atoms with Crippen molar-refractivity contribution in [3.63, 3.8) is 0 Å². The molecule has 0 bridgehead atoms. The molecule has 0 spiro atoms. The van der Waals surface area contributed by atoms with Crippen LogP contribution < -0.4 is 9.64 Å². The second-order valence-electron chi connectivity index (χ2n) is 5.84. The van der Waals surface area contributed by atoms with Crippen LogP contribution in [0.5, 0.6) is 5.75 Å². The number of pyridine rings is 1. The van der Waals surface area contributed by atoms with E-state index in [1.165, 1.54) is 11.3 Å². The van der Waals surface area contributed by atoms with Crippen LogP contribution in [0.2, 0.25) is 0 Å². The summed E-state index contributed by atoms with van der Waals surface area (Å²) in [5.41, 5.74) is 1.86. The summed E-state index contributed by atoms with van der Waals surface area (Å²) in [6.45, 7) is 2.95. The van der Waals surface area contributed by atoms with Gasteiger partial charge in [0.25, 0.3) is 5.91 Å². The van der Waals surface area contributed by atoms with Gasteiger partial charge < -0.3 is 4.74 Å². The Labute approximate surface area is 149 Å². The zero-order valence-corrected chi connectivity index (χ0v) is 14.6. The molecule has 0 unspecified atom stereocenters. The Hall–Kier alpha value is -2.73.